The van der Waals surface area contributed by atoms with Crippen molar-refractivity contribution in [3.8, 4) is 0 Å². The van der Waals surface area contributed by atoms with Gasteiger partial charge in [0.25, 0.3) is 0 Å². The lowest BCUT2D eigenvalue weighted by Crippen LogP contribution is -2.40. The summed E-state index contributed by atoms with van der Waals surface area (Å²) in [5.74, 6) is -0.358. The SMILES string of the molecule is O=C(CN1CC(O)C(O)C1)N1CCOC1=O. The van der Waals surface area contributed by atoms with Crippen LogP contribution in [0.2, 0.25) is 0 Å². The first-order valence-corrected chi connectivity index (χ1v) is 5.13. The molecule has 2 saturated heterocycles. The molecular weight excluding hydrogens is 216 g/mol. The molecule has 0 aromatic carbocycles. The lowest BCUT2D eigenvalue weighted by Gasteiger charge is -2.17. The molecule has 90 valence electrons. The maximum atomic E-state index is 11.6. The van der Waals surface area contributed by atoms with Crippen LogP contribution in [0, 0.1) is 0 Å². The van der Waals surface area contributed by atoms with Gasteiger partial charge in [0.1, 0.15) is 6.61 Å². The fourth-order valence-corrected chi connectivity index (χ4v) is 1.87. The second-order valence-electron chi connectivity index (χ2n) is 3.99. The third-order valence-electron chi connectivity index (χ3n) is 2.76. The van der Waals surface area contributed by atoms with Gasteiger partial charge < -0.3 is 14.9 Å². The molecular formula is C9H14N2O5. The maximum Gasteiger partial charge on any atom is 0.416 e. The largest absolute Gasteiger partial charge is 0.447 e. The Morgan fingerprint density at radius 2 is 2.00 bits per heavy atom. The Hall–Kier alpha value is -1.18. The van der Waals surface area contributed by atoms with Crippen LogP contribution in [0.5, 0.6) is 0 Å². The molecule has 7 nitrogen and oxygen atoms in total. The summed E-state index contributed by atoms with van der Waals surface area (Å²) in [5.41, 5.74) is 0. The van der Waals surface area contributed by atoms with E-state index in [9.17, 15) is 19.8 Å². The summed E-state index contributed by atoms with van der Waals surface area (Å²) >= 11 is 0. The van der Waals surface area contributed by atoms with Gasteiger partial charge >= 0.3 is 6.09 Å². The van der Waals surface area contributed by atoms with Crippen LogP contribution in [0.25, 0.3) is 0 Å². The van der Waals surface area contributed by atoms with Gasteiger partial charge in [-0.1, -0.05) is 0 Å². The minimum absolute atomic E-state index is 0.0171. The predicted molar refractivity (Wildman–Crippen MR) is 51.5 cm³/mol. The van der Waals surface area contributed by atoms with Crippen molar-refractivity contribution in [3.05, 3.63) is 0 Å². The van der Waals surface area contributed by atoms with Crippen molar-refractivity contribution in [2.45, 2.75) is 12.2 Å². The van der Waals surface area contributed by atoms with Crippen LogP contribution in [-0.4, -0.2) is 77.0 Å². The molecule has 2 atom stereocenters. The average molecular weight is 230 g/mol. The summed E-state index contributed by atoms with van der Waals surface area (Å²) < 4.78 is 4.64. The highest BCUT2D eigenvalue weighted by Gasteiger charge is 2.34. The molecule has 0 radical (unpaired) electrons. The van der Waals surface area contributed by atoms with E-state index in [1.165, 1.54) is 0 Å². The number of hydrogen-bond donors (Lipinski definition) is 2. The van der Waals surface area contributed by atoms with Gasteiger partial charge in [0.15, 0.2) is 0 Å². The van der Waals surface area contributed by atoms with Crippen LogP contribution in [-0.2, 0) is 9.53 Å². The van der Waals surface area contributed by atoms with Crippen LogP contribution in [0.3, 0.4) is 0 Å². The quantitative estimate of drug-likeness (QED) is 0.570. The second-order valence-corrected chi connectivity index (χ2v) is 3.99. The molecule has 2 amide bonds. The van der Waals surface area contributed by atoms with Gasteiger partial charge in [-0.2, -0.15) is 0 Å². The number of ether oxygens (including phenoxy) is 1. The number of rotatable bonds is 2. The van der Waals surface area contributed by atoms with E-state index >= 15 is 0 Å². The van der Waals surface area contributed by atoms with Gasteiger partial charge in [0.05, 0.1) is 25.3 Å². The van der Waals surface area contributed by atoms with Crippen molar-refractivity contribution in [1.82, 2.24) is 9.80 Å². The van der Waals surface area contributed by atoms with Crippen molar-refractivity contribution in [3.63, 3.8) is 0 Å². The first-order chi connectivity index (χ1) is 7.58. The number of carbonyl (C=O) groups excluding carboxylic acids is 2. The molecule has 7 heteroatoms. The van der Waals surface area contributed by atoms with Crippen molar-refractivity contribution in [1.29, 1.82) is 0 Å². The van der Waals surface area contributed by atoms with E-state index < -0.39 is 18.3 Å². The lowest BCUT2D eigenvalue weighted by atomic mass is 10.3. The Morgan fingerprint density at radius 1 is 1.38 bits per heavy atom. The zero-order chi connectivity index (χ0) is 11.7. The van der Waals surface area contributed by atoms with Crippen molar-refractivity contribution < 1.29 is 24.5 Å². The molecule has 16 heavy (non-hydrogen) atoms. The number of imide groups is 1. The molecule has 2 heterocycles. The van der Waals surface area contributed by atoms with Crippen molar-refractivity contribution in [2.75, 3.05) is 32.8 Å². The number of cyclic esters (lactones) is 1. The van der Waals surface area contributed by atoms with E-state index in [1.807, 2.05) is 0 Å². The number of amides is 2. The van der Waals surface area contributed by atoms with E-state index in [4.69, 9.17) is 0 Å². The number of likely N-dealkylation sites (tertiary alicyclic amines) is 1. The highest BCUT2D eigenvalue weighted by Crippen LogP contribution is 2.11. The van der Waals surface area contributed by atoms with E-state index in [2.05, 4.69) is 4.74 Å². The number of β-amino-alcohol motifs (C(OH)–C–C–N with tert-alkyl or cyclic N) is 2. The fourth-order valence-electron chi connectivity index (χ4n) is 1.87. The van der Waals surface area contributed by atoms with E-state index in [0.29, 0.717) is 0 Å². The zero-order valence-electron chi connectivity index (χ0n) is 8.70. The number of aliphatic hydroxyl groups excluding tert-OH is 2. The number of carbonyl (C=O) groups is 2. The highest BCUT2D eigenvalue weighted by molar-refractivity contribution is 5.94. The van der Waals surface area contributed by atoms with Crippen LogP contribution in [0.1, 0.15) is 0 Å². The summed E-state index contributed by atoms with van der Waals surface area (Å²) in [6.45, 7) is 1.02. The van der Waals surface area contributed by atoms with Gasteiger partial charge in [0.2, 0.25) is 5.91 Å². The van der Waals surface area contributed by atoms with Crippen LogP contribution in [0.4, 0.5) is 4.79 Å². The molecule has 0 aliphatic carbocycles. The molecule has 0 spiro atoms. The first-order valence-electron chi connectivity index (χ1n) is 5.13. The molecule has 0 saturated carbocycles. The minimum Gasteiger partial charge on any atom is -0.447 e. The van der Waals surface area contributed by atoms with E-state index in [1.54, 1.807) is 4.90 Å². The number of aliphatic hydroxyl groups is 2. The molecule has 0 bridgehead atoms. The third-order valence-corrected chi connectivity index (χ3v) is 2.76. The fraction of sp³-hybridized carbons (Fsp3) is 0.778. The van der Waals surface area contributed by atoms with E-state index in [0.717, 1.165) is 4.90 Å². The molecule has 2 aliphatic rings. The summed E-state index contributed by atoms with van der Waals surface area (Å²) in [7, 11) is 0. The Balaban J connectivity index is 1.86. The van der Waals surface area contributed by atoms with Crippen LogP contribution >= 0.6 is 0 Å². The molecule has 2 aliphatic heterocycles. The molecule has 2 N–H and O–H groups in total. The average Bonchev–Trinajstić information content (AvgIpc) is 2.74. The third kappa shape index (κ3) is 2.16. The predicted octanol–water partition coefficient (Wildman–Crippen LogP) is -2.00. The Labute approximate surface area is 92.2 Å². The highest BCUT2D eigenvalue weighted by atomic mass is 16.6. The maximum absolute atomic E-state index is 11.6. The Bertz CT molecular complexity index is 298. The molecule has 0 aromatic rings. The molecule has 2 rings (SSSR count). The van der Waals surface area contributed by atoms with E-state index in [-0.39, 0.29) is 38.7 Å². The Morgan fingerprint density at radius 3 is 2.50 bits per heavy atom. The van der Waals surface area contributed by atoms with Gasteiger partial charge in [-0.3, -0.25) is 9.69 Å². The Kier molecular flexibility index (Phi) is 3.08. The summed E-state index contributed by atoms with van der Waals surface area (Å²) in [6, 6.07) is 0. The monoisotopic (exact) mass is 230 g/mol. The lowest BCUT2D eigenvalue weighted by molar-refractivity contribution is -0.128. The molecule has 2 unspecified atom stereocenters. The minimum atomic E-state index is -0.821. The normalized spacial score (nSPS) is 30.9. The molecule has 2 fully saturated rings. The summed E-state index contributed by atoms with van der Waals surface area (Å²) in [6.07, 6.45) is -2.26. The van der Waals surface area contributed by atoms with Gasteiger partial charge in [-0.15, -0.1) is 0 Å². The van der Waals surface area contributed by atoms with Gasteiger partial charge in [-0.25, -0.2) is 9.69 Å². The van der Waals surface area contributed by atoms with Crippen LogP contribution in [0.15, 0.2) is 0 Å². The number of hydrogen-bond acceptors (Lipinski definition) is 6. The zero-order valence-corrected chi connectivity index (χ0v) is 8.70. The standard InChI is InChI=1S/C9H14N2O5/c12-6-3-10(4-7(6)13)5-8(14)11-1-2-16-9(11)15/h6-7,12-13H,1-5H2. The van der Waals surface area contributed by atoms with Crippen molar-refractivity contribution >= 4 is 12.0 Å². The summed E-state index contributed by atoms with van der Waals surface area (Å²) in [5, 5.41) is 18.6. The molecule has 0 aromatic heterocycles. The number of nitrogens with zero attached hydrogens (tertiary/aromatic N) is 2. The van der Waals surface area contributed by atoms with Gasteiger partial charge in [0, 0.05) is 13.1 Å². The smallest absolute Gasteiger partial charge is 0.416 e. The topological polar surface area (TPSA) is 90.3 Å². The summed E-state index contributed by atoms with van der Waals surface area (Å²) in [4.78, 5) is 25.4. The van der Waals surface area contributed by atoms with Gasteiger partial charge in [-0.05, 0) is 0 Å². The van der Waals surface area contributed by atoms with Crippen molar-refractivity contribution in [2.24, 2.45) is 0 Å². The van der Waals surface area contributed by atoms with Crippen LogP contribution < -0.4 is 0 Å². The second kappa shape index (κ2) is 4.36. The first kappa shape index (κ1) is 11.3.